The highest BCUT2D eigenvalue weighted by molar-refractivity contribution is 6.29. The smallest absolute Gasteiger partial charge is 0.273 e. The number of nitrogens with one attached hydrogen (secondary N) is 3. The quantitative estimate of drug-likeness (QED) is 0.731. The van der Waals surface area contributed by atoms with Crippen molar-refractivity contribution in [3.8, 4) is 0 Å². The van der Waals surface area contributed by atoms with Gasteiger partial charge in [0.25, 0.3) is 5.91 Å². The molecule has 0 aliphatic carbocycles. The van der Waals surface area contributed by atoms with Crippen LogP contribution < -0.4 is 16.1 Å². The Morgan fingerprint density at radius 3 is 3.12 bits per heavy atom. The number of carbonyl (C=O) groups is 1. The number of hydrogen-bond acceptors (Lipinski definition) is 8. The molecule has 1 aromatic heterocycles. The number of halogens is 1. The lowest BCUT2D eigenvalue weighted by Crippen LogP contribution is -2.37. The molecule has 10 heteroatoms. The maximum absolute atomic E-state index is 12.2. The third kappa shape index (κ3) is 2.93. The molecule has 4 heterocycles. The molecule has 1 aromatic rings. The topological polar surface area (TPSA) is 107 Å². The lowest BCUT2D eigenvalue weighted by molar-refractivity contribution is 0.0958. The molecule has 0 fully saturated rings. The molecule has 0 spiro atoms. The van der Waals surface area contributed by atoms with E-state index in [1.54, 1.807) is 0 Å². The Hall–Kier alpha value is -2.94. The highest BCUT2D eigenvalue weighted by Crippen LogP contribution is 2.24. The summed E-state index contributed by atoms with van der Waals surface area (Å²) in [6, 6.07) is 1.39. The number of amides is 1. The van der Waals surface area contributed by atoms with E-state index in [1.165, 1.54) is 6.07 Å². The van der Waals surface area contributed by atoms with Crippen LogP contribution in [0.1, 0.15) is 21.0 Å². The van der Waals surface area contributed by atoms with Crippen LogP contribution in [0.4, 0.5) is 5.69 Å². The average Bonchev–Trinajstić information content (AvgIpc) is 2.93. The third-order valence-corrected chi connectivity index (χ3v) is 4.04. The lowest BCUT2D eigenvalue weighted by Gasteiger charge is -2.25. The fraction of sp³-hybridized carbons (Fsp3) is 0.267. The molecule has 3 aliphatic heterocycles. The Morgan fingerprint density at radius 1 is 1.48 bits per heavy atom. The number of allylic oxidation sites excluding steroid dienone is 2. The van der Waals surface area contributed by atoms with Crippen LogP contribution in [0.15, 0.2) is 39.7 Å². The molecule has 128 valence electrons. The van der Waals surface area contributed by atoms with E-state index in [9.17, 15) is 4.79 Å². The average molecular weight is 362 g/mol. The van der Waals surface area contributed by atoms with Gasteiger partial charge in [-0.15, -0.1) is 10.2 Å². The summed E-state index contributed by atoms with van der Waals surface area (Å²) >= 11 is 5.89. The van der Waals surface area contributed by atoms with Crippen molar-refractivity contribution in [3.63, 3.8) is 0 Å². The van der Waals surface area contributed by atoms with Gasteiger partial charge in [-0.05, 0) is 6.08 Å². The number of carbonyl (C=O) groups excluding carboxylic acids is 1. The predicted octanol–water partition coefficient (Wildman–Crippen LogP) is 0.704. The maximum Gasteiger partial charge on any atom is 0.273 e. The normalized spacial score (nSPS) is 20.4. The molecule has 0 saturated heterocycles. The van der Waals surface area contributed by atoms with Crippen LogP contribution in [0, 0.1) is 0 Å². The summed E-state index contributed by atoms with van der Waals surface area (Å²) in [5.41, 5.74) is 5.16. The molecular formula is C15H15ClN8O. The molecule has 0 saturated carbocycles. The number of rotatable bonds is 3. The fourth-order valence-electron chi connectivity index (χ4n) is 2.55. The molecule has 3 N–H and O–H groups in total. The van der Waals surface area contributed by atoms with E-state index in [4.69, 9.17) is 15.7 Å². The second-order valence-electron chi connectivity index (χ2n) is 5.46. The van der Waals surface area contributed by atoms with Gasteiger partial charge >= 0.3 is 0 Å². The minimum atomic E-state index is -2.65. The van der Waals surface area contributed by atoms with Gasteiger partial charge in [0, 0.05) is 47.6 Å². The second-order valence-corrected chi connectivity index (χ2v) is 5.85. The van der Waals surface area contributed by atoms with E-state index in [0.717, 1.165) is 24.3 Å². The highest BCUT2D eigenvalue weighted by Gasteiger charge is 2.26. The van der Waals surface area contributed by atoms with E-state index in [2.05, 4.69) is 30.9 Å². The first-order valence-corrected chi connectivity index (χ1v) is 7.86. The SMILES string of the molecule is [2H]C([2H])([2H])NC(=O)c1nnc(Cl)cc1NC1=NC2=CC(C3=NCC3)=CNN2C1. The molecule has 3 aliphatic rings. The standard InChI is InChI=1S/C15H15ClN8O/c1-17-15(25)14-10(5-11(16)22-23-14)20-12-7-24-13(21-12)4-8(6-19-24)9-2-3-18-9/h4-6,19H,2-3,7H2,1H3,(H,17,25)(H,20,21,22)/i1D3. The minimum Gasteiger partial charge on any atom is -0.354 e. The van der Waals surface area contributed by atoms with Crippen molar-refractivity contribution in [1.29, 1.82) is 0 Å². The van der Waals surface area contributed by atoms with Gasteiger partial charge < -0.3 is 16.1 Å². The number of hydrogen-bond donors (Lipinski definition) is 3. The molecule has 0 unspecified atom stereocenters. The molecule has 4 rings (SSSR count). The molecule has 1 amide bonds. The number of amidine groups is 1. The van der Waals surface area contributed by atoms with Crippen molar-refractivity contribution < 1.29 is 8.91 Å². The number of anilines is 1. The van der Waals surface area contributed by atoms with Gasteiger partial charge in [0.2, 0.25) is 0 Å². The summed E-state index contributed by atoms with van der Waals surface area (Å²) in [6.45, 7) is -1.42. The molecule has 0 aromatic carbocycles. The van der Waals surface area contributed by atoms with Gasteiger partial charge in [-0.25, -0.2) is 4.99 Å². The van der Waals surface area contributed by atoms with Gasteiger partial charge in [0.1, 0.15) is 11.7 Å². The van der Waals surface area contributed by atoms with Gasteiger partial charge in [0.05, 0.1) is 12.2 Å². The lowest BCUT2D eigenvalue weighted by atomic mass is 10.0. The second kappa shape index (κ2) is 6.17. The van der Waals surface area contributed by atoms with Crippen LogP contribution in [0.2, 0.25) is 5.15 Å². The molecule has 25 heavy (non-hydrogen) atoms. The summed E-state index contributed by atoms with van der Waals surface area (Å²) in [7, 11) is 0. The van der Waals surface area contributed by atoms with Crippen molar-refractivity contribution in [2.45, 2.75) is 6.42 Å². The third-order valence-electron chi connectivity index (χ3n) is 3.85. The van der Waals surface area contributed by atoms with Gasteiger partial charge in [-0.1, -0.05) is 11.6 Å². The van der Waals surface area contributed by atoms with E-state index in [-0.39, 0.29) is 16.5 Å². The monoisotopic (exact) mass is 361 g/mol. The van der Waals surface area contributed by atoms with Crippen LogP contribution in [0.3, 0.4) is 0 Å². The first kappa shape index (κ1) is 12.4. The van der Waals surface area contributed by atoms with Gasteiger partial charge in [-0.2, -0.15) is 0 Å². The summed E-state index contributed by atoms with van der Waals surface area (Å²) in [4.78, 5) is 21.0. The Labute approximate surface area is 152 Å². The Bertz CT molecular complexity index is 969. The summed E-state index contributed by atoms with van der Waals surface area (Å²) in [6.07, 6.45) is 4.72. The van der Waals surface area contributed by atoms with Crippen LogP contribution in [-0.2, 0) is 0 Å². The van der Waals surface area contributed by atoms with Crippen molar-refractivity contribution in [2.75, 3.05) is 25.4 Å². The fourth-order valence-corrected chi connectivity index (χ4v) is 2.70. The number of fused-ring (bicyclic) bond motifs is 1. The van der Waals surface area contributed by atoms with Crippen LogP contribution in [-0.4, -0.2) is 52.7 Å². The highest BCUT2D eigenvalue weighted by atomic mass is 35.5. The summed E-state index contributed by atoms with van der Waals surface area (Å²) < 4.78 is 21.5. The zero-order chi connectivity index (χ0) is 19.9. The van der Waals surface area contributed by atoms with Crippen LogP contribution in [0.25, 0.3) is 0 Å². The molecule has 9 nitrogen and oxygen atoms in total. The molecular weight excluding hydrogens is 344 g/mol. The van der Waals surface area contributed by atoms with Gasteiger partial charge in [-0.3, -0.25) is 14.8 Å². The van der Waals surface area contributed by atoms with Crippen molar-refractivity contribution in [3.05, 3.63) is 40.6 Å². The molecule has 0 radical (unpaired) electrons. The first-order valence-electron chi connectivity index (χ1n) is 8.98. The van der Waals surface area contributed by atoms with Crippen molar-refractivity contribution >= 4 is 34.7 Å². The largest absolute Gasteiger partial charge is 0.354 e. The van der Waals surface area contributed by atoms with E-state index < -0.39 is 12.9 Å². The summed E-state index contributed by atoms with van der Waals surface area (Å²) in [5.74, 6) is 0.319. The van der Waals surface area contributed by atoms with Crippen molar-refractivity contribution in [1.82, 2.24) is 25.9 Å². The Balaban J connectivity index is 1.56. The van der Waals surface area contributed by atoms with E-state index >= 15 is 0 Å². The van der Waals surface area contributed by atoms with E-state index in [0.29, 0.717) is 18.2 Å². The molecule has 0 bridgehead atoms. The van der Waals surface area contributed by atoms with Crippen LogP contribution >= 0.6 is 11.6 Å². The maximum atomic E-state index is 12.2. The predicted molar refractivity (Wildman–Crippen MR) is 94.4 cm³/mol. The zero-order valence-electron chi connectivity index (χ0n) is 15.9. The minimum absolute atomic E-state index is 0.0496. The number of aromatic nitrogens is 2. The van der Waals surface area contributed by atoms with Gasteiger partial charge in [0.15, 0.2) is 10.8 Å². The van der Waals surface area contributed by atoms with Crippen molar-refractivity contribution in [2.24, 2.45) is 9.98 Å². The Morgan fingerprint density at radius 2 is 2.36 bits per heavy atom. The van der Waals surface area contributed by atoms with Crippen LogP contribution in [0.5, 0.6) is 0 Å². The number of nitrogens with zero attached hydrogens (tertiary/aromatic N) is 5. The molecule has 0 atom stereocenters. The first-order chi connectivity index (χ1) is 13.3. The summed E-state index contributed by atoms with van der Waals surface area (Å²) in [5, 5.41) is 14.1. The number of hydrazine groups is 1. The Kier molecular flexibility index (Phi) is 3.07. The number of aliphatic imine (C=N–C) groups is 2. The van der Waals surface area contributed by atoms with E-state index in [1.807, 2.05) is 22.6 Å². The zero-order valence-corrected chi connectivity index (χ0v) is 13.6.